The molecule has 7 nitrogen and oxygen atoms in total. The summed E-state index contributed by atoms with van der Waals surface area (Å²) in [5.74, 6) is 1.35. The van der Waals surface area contributed by atoms with Crippen LogP contribution in [0.1, 0.15) is 18.7 Å². The van der Waals surface area contributed by atoms with Crippen molar-refractivity contribution in [2.24, 2.45) is 5.92 Å². The first-order valence-corrected chi connectivity index (χ1v) is 9.47. The largest absolute Gasteiger partial charge is 0.354 e. The fourth-order valence-electron chi connectivity index (χ4n) is 3.28. The Morgan fingerprint density at radius 1 is 1.22 bits per heavy atom. The summed E-state index contributed by atoms with van der Waals surface area (Å²) in [6.45, 7) is 3.31. The third-order valence-electron chi connectivity index (χ3n) is 4.71. The minimum absolute atomic E-state index is 0.0505. The molecule has 1 aliphatic rings. The molecular weight excluding hydrogens is 387 g/mol. The van der Waals surface area contributed by atoms with Crippen molar-refractivity contribution in [3.05, 3.63) is 46.2 Å². The van der Waals surface area contributed by atoms with Gasteiger partial charge in [-0.1, -0.05) is 23.2 Å². The summed E-state index contributed by atoms with van der Waals surface area (Å²) in [7, 11) is 0. The average Bonchev–Trinajstić information content (AvgIpc) is 3.04. The number of amides is 1. The van der Waals surface area contributed by atoms with Gasteiger partial charge in [-0.25, -0.2) is 0 Å². The van der Waals surface area contributed by atoms with E-state index in [1.54, 1.807) is 22.7 Å². The summed E-state index contributed by atoms with van der Waals surface area (Å²) in [6.07, 6.45) is 1.73. The number of anilines is 2. The topological polar surface area (TPSA) is 75.4 Å². The number of carbonyl (C=O) groups excluding carboxylic acids is 1. The summed E-state index contributed by atoms with van der Waals surface area (Å²) in [6, 6.07) is 8.84. The Balaban J connectivity index is 1.49. The van der Waals surface area contributed by atoms with Crippen LogP contribution in [0.3, 0.4) is 0 Å². The minimum atomic E-state index is -0.148. The second kappa shape index (κ2) is 7.32. The van der Waals surface area contributed by atoms with Crippen molar-refractivity contribution in [1.29, 1.82) is 0 Å². The second-order valence-electron chi connectivity index (χ2n) is 6.61. The van der Waals surface area contributed by atoms with E-state index in [4.69, 9.17) is 23.2 Å². The van der Waals surface area contributed by atoms with E-state index in [1.807, 2.05) is 19.1 Å². The van der Waals surface area contributed by atoms with E-state index in [0.717, 1.165) is 31.0 Å². The normalized spacial score (nSPS) is 17.3. The fourth-order valence-corrected chi connectivity index (χ4v) is 3.74. The molecule has 4 rings (SSSR count). The molecule has 9 heteroatoms. The molecule has 1 N–H and O–H groups in total. The van der Waals surface area contributed by atoms with Crippen molar-refractivity contribution in [3.8, 4) is 0 Å². The Morgan fingerprint density at radius 3 is 2.89 bits per heavy atom. The van der Waals surface area contributed by atoms with Crippen molar-refractivity contribution in [2.45, 2.75) is 19.8 Å². The number of nitrogens with one attached hydrogen (secondary N) is 1. The summed E-state index contributed by atoms with van der Waals surface area (Å²) in [5.41, 5.74) is 1.28. The summed E-state index contributed by atoms with van der Waals surface area (Å²) in [5, 5.41) is 16.6. The maximum Gasteiger partial charge on any atom is 0.229 e. The highest BCUT2D eigenvalue weighted by atomic mass is 35.5. The molecule has 1 fully saturated rings. The Kier molecular flexibility index (Phi) is 4.88. The van der Waals surface area contributed by atoms with Gasteiger partial charge in [0.1, 0.15) is 5.82 Å². The van der Waals surface area contributed by atoms with Crippen molar-refractivity contribution >= 4 is 46.3 Å². The Labute approximate surface area is 166 Å². The molecule has 0 unspecified atom stereocenters. The maximum atomic E-state index is 12.7. The molecule has 0 saturated carbocycles. The third-order valence-corrected chi connectivity index (χ3v) is 5.26. The van der Waals surface area contributed by atoms with Gasteiger partial charge in [0.2, 0.25) is 5.91 Å². The zero-order valence-electron chi connectivity index (χ0n) is 14.7. The zero-order valence-corrected chi connectivity index (χ0v) is 16.2. The molecule has 0 bridgehead atoms. The number of aryl methyl sites for hydroxylation is 1. The molecule has 3 aromatic rings. The number of carbonyl (C=O) groups is 1. The van der Waals surface area contributed by atoms with Crippen LogP contribution in [0.4, 0.5) is 11.5 Å². The number of aromatic nitrogens is 4. The molecule has 0 aliphatic carbocycles. The van der Waals surface area contributed by atoms with Gasteiger partial charge in [0.25, 0.3) is 0 Å². The Bertz CT molecular complexity index is 1000. The molecule has 140 valence electrons. The van der Waals surface area contributed by atoms with Crippen molar-refractivity contribution in [3.63, 3.8) is 0 Å². The predicted octanol–water partition coefficient (Wildman–Crippen LogP) is 3.59. The lowest BCUT2D eigenvalue weighted by Crippen LogP contribution is -2.41. The summed E-state index contributed by atoms with van der Waals surface area (Å²) >= 11 is 12.1. The van der Waals surface area contributed by atoms with Crippen LogP contribution in [0.25, 0.3) is 5.65 Å². The molecule has 1 atom stereocenters. The van der Waals surface area contributed by atoms with Gasteiger partial charge >= 0.3 is 0 Å². The number of halogens is 2. The number of hydrogen-bond acceptors (Lipinski definition) is 5. The van der Waals surface area contributed by atoms with E-state index in [1.165, 1.54) is 0 Å². The van der Waals surface area contributed by atoms with Crippen LogP contribution in [0.2, 0.25) is 10.0 Å². The molecule has 0 spiro atoms. The van der Waals surface area contributed by atoms with Crippen molar-refractivity contribution in [2.75, 3.05) is 23.3 Å². The van der Waals surface area contributed by atoms with Gasteiger partial charge in [-0.15, -0.1) is 15.3 Å². The van der Waals surface area contributed by atoms with Gasteiger partial charge in [-0.05, 0) is 50.1 Å². The standard InChI is InChI=1S/C18H18Cl2N6O/c1-11-22-23-16-6-7-17(24-26(11)16)25-8-2-3-12(10-25)18(27)21-15-5-4-13(19)9-14(15)20/h4-7,9,12H,2-3,8,10H2,1H3,(H,21,27)/t12-/m1/s1. The van der Waals surface area contributed by atoms with E-state index < -0.39 is 0 Å². The first-order chi connectivity index (χ1) is 13.0. The number of rotatable bonds is 3. The summed E-state index contributed by atoms with van der Waals surface area (Å²) in [4.78, 5) is 14.9. The lowest BCUT2D eigenvalue weighted by atomic mass is 9.97. The second-order valence-corrected chi connectivity index (χ2v) is 7.45. The number of nitrogens with zero attached hydrogens (tertiary/aromatic N) is 5. The highest BCUT2D eigenvalue weighted by Gasteiger charge is 2.27. The fraction of sp³-hybridized carbons (Fsp3) is 0.333. The molecule has 1 saturated heterocycles. The highest BCUT2D eigenvalue weighted by molar-refractivity contribution is 6.36. The maximum absolute atomic E-state index is 12.7. The van der Waals surface area contributed by atoms with E-state index in [0.29, 0.717) is 27.9 Å². The lowest BCUT2D eigenvalue weighted by Gasteiger charge is -2.32. The van der Waals surface area contributed by atoms with Crippen LogP contribution in [0, 0.1) is 12.8 Å². The van der Waals surface area contributed by atoms with E-state index in [2.05, 4.69) is 25.5 Å². The van der Waals surface area contributed by atoms with Crippen LogP contribution in [-0.2, 0) is 4.79 Å². The number of hydrogen-bond donors (Lipinski definition) is 1. The average molecular weight is 405 g/mol. The molecule has 0 radical (unpaired) electrons. The van der Waals surface area contributed by atoms with E-state index in [9.17, 15) is 4.79 Å². The predicted molar refractivity (Wildman–Crippen MR) is 106 cm³/mol. The van der Waals surface area contributed by atoms with Crippen molar-refractivity contribution < 1.29 is 4.79 Å². The smallest absolute Gasteiger partial charge is 0.229 e. The SMILES string of the molecule is Cc1nnc2ccc(N3CCC[C@@H](C(=O)Nc4ccc(Cl)cc4Cl)C3)nn12. The van der Waals surface area contributed by atoms with Gasteiger partial charge in [-0.3, -0.25) is 4.79 Å². The van der Waals surface area contributed by atoms with Crippen LogP contribution >= 0.6 is 23.2 Å². The van der Waals surface area contributed by atoms with Crippen LogP contribution in [-0.4, -0.2) is 38.8 Å². The van der Waals surface area contributed by atoms with Crippen LogP contribution in [0.15, 0.2) is 30.3 Å². The highest BCUT2D eigenvalue weighted by Crippen LogP contribution is 2.28. The molecule has 1 amide bonds. The Hall–Kier alpha value is -2.38. The molecule has 1 aliphatic heterocycles. The number of benzene rings is 1. The first-order valence-electron chi connectivity index (χ1n) is 8.71. The van der Waals surface area contributed by atoms with E-state index >= 15 is 0 Å². The lowest BCUT2D eigenvalue weighted by molar-refractivity contribution is -0.120. The van der Waals surface area contributed by atoms with Gasteiger partial charge in [0, 0.05) is 18.1 Å². The number of piperidine rings is 1. The van der Waals surface area contributed by atoms with Crippen LogP contribution in [0.5, 0.6) is 0 Å². The minimum Gasteiger partial charge on any atom is -0.354 e. The summed E-state index contributed by atoms with van der Waals surface area (Å²) < 4.78 is 1.71. The quantitative estimate of drug-likeness (QED) is 0.721. The Morgan fingerprint density at radius 2 is 2.07 bits per heavy atom. The zero-order chi connectivity index (χ0) is 19.0. The van der Waals surface area contributed by atoms with Crippen molar-refractivity contribution in [1.82, 2.24) is 19.8 Å². The van der Waals surface area contributed by atoms with Gasteiger partial charge < -0.3 is 10.2 Å². The molecular formula is C18H18Cl2N6O. The molecule has 2 aromatic heterocycles. The van der Waals surface area contributed by atoms with Gasteiger partial charge in [0.05, 0.1) is 16.6 Å². The van der Waals surface area contributed by atoms with Gasteiger partial charge in [0.15, 0.2) is 11.5 Å². The van der Waals surface area contributed by atoms with E-state index in [-0.39, 0.29) is 11.8 Å². The number of fused-ring (bicyclic) bond motifs is 1. The molecule has 1 aromatic carbocycles. The molecule has 3 heterocycles. The van der Waals surface area contributed by atoms with Crippen LogP contribution < -0.4 is 10.2 Å². The van der Waals surface area contributed by atoms with Gasteiger partial charge in [-0.2, -0.15) is 4.52 Å². The first kappa shape index (κ1) is 18.0. The monoisotopic (exact) mass is 404 g/mol. The molecule has 27 heavy (non-hydrogen) atoms. The third kappa shape index (κ3) is 3.70.